The third kappa shape index (κ3) is 5.44. The number of halogens is 1. The summed E-state index contributed by atoms with van der Waals surface area (Å²) in [5.74, 6) is -0.0710. The molecule has 0 spiro atoms. The van der Waals surface area contributed by atoms with Gasteiger partial charge in [-0.15, -0.1) is 0 Å². The summed E-state index contributed by atoms with van der Waals surface area (Å²) in [6, 6.07) is 25.5. The minimum absolute atomic E-state index is 0.0685. The molecule has 0 aliphatic heterocycles. The molecular formula is C24H25ClN2O. The van der Waals surface area contributed by atoms with Gasteiger partial charge in [-0.05, 0) is 68.0 Å². The van der Waals surface area contributed by atoms with Crippen molar-refractivity contribution in [3.8, 4) is 11.1 Å². The summed E-state index contributed by atoms with van der Waals surface area (Å²) in [4.78, 5) is 15.0. The van der Waals surface area contributed by atoms with E-state index in [1.165, 1.54) is 0 Å². The van der Waals surface area contributed by atoms with E-state index in [0.29, 0.717) is 10.6 Å². The van der Waals surface area contributed by atoms with Crippen LogP contribution in [0.3, 0.4) is 0 Å². The van der Waals surface area contributed by atoms with Crippen molar-refractivity contribution in [1.29, 1.82) is 0 Å². The standard InChI is InChI=1S/C24H25ClN2O/c1-27(2)17-16-23(20-12-14-22(25)15-13-20)26-24(28)21-10-8-19(9-11-21)18-6-4-3-5-7-18/h3-15,23H,16-17H2,1-2H3,(H,26,28)/t23-/m1/s1. The summed E-state index contributed by atoms with van der Waals surface area (Å²) in [6.07, 6.45) is 0.822. The maximum atomic E-state index is 12.8. The Hall–Kier alpha value is -2.62. The zero-order valence-electron chi connectivity index (χ0n) is 16.2. The Morgan fingerprint density at radius 1 is 0.893 bits per heavy atom. The van der Waals surface area contributed by atoms with Gasteiger partial charge < -0.3 is 10.2 Å². The van der Waals surface area contributed by atoms with E-state index in [-0.39, 0.29) is 11.9 Å². The van der Waals surface area contributed by atoms with Gasteiger partial charge in [0.2, 0.25) is 0 Å². The molecule has 1 N–H and O–H groups in total. The van der Waals surface area contributed by atoms with Crippen LogP contribution in [0, 0.1) is 0 Å². The van der Waals surface area contributed by atoms with E-state index in [1.807, 2.05) is 80.8 Å². The fraction of sp³-hybridized carbons (Fsp3) is 0.208. The van der Waals surface area contributed by atoms with Crippen LogP contribution in [0.15, 0.2) is 78.9 Å². The van der Waals surface area contributed by atoms with Gasteiger partial charge in [-0.1, -0.05) is 66.2 Å². The molecule has 0 saturated heterocycles. The second-order valence-corrected chi connectivity index (χ2v) is 7.55. The molecule has 0 radical (unpaired) electrons. The number of rotatable bonds is 7. The van der Waals surface area contributed by atoms with Crippen LogP contribution in [0.2, 0.25) is 5.02 Å². The highest BCUT2D eigenvalue weighted by Crippen LogP contribution is 2.22. The van der Waals surface area contributed by atoms with Crippen molar-refractivity contribution in [2.75, 3.05) is 20.6 Å². The molecule has 0 aliphatic carbocycles. The first-order valence-electron chi connectivity index (χ1n) is 9.39. The third-order valence-corrected chi connectivity index (χ3v) is 4.95. The summed E-state index contributed by atoms with van der Waals surface area (Å²) in [5.41, 5.74) is 3.95. The molecule has 0 fully saturated rings. The first-order valence-corrected chi connectivity index (χ1v) is 9.77. The van der Waals surface area contributed by atoms with E-state index in [1.54, 1.807) is 0 Å². The largest absolute Gasteiger partial charge is 0.345 e. The van der Waals surface area contributed by atoms with Gasteiger partial charge in [0, 0.05) is 10.6 Å². The minimum atomic E-state index is -0.0710. The van der Waals surface area contributed by atoms with Crippen LogP contribution in [-0.2, 0) is 0 Å². The van der Waals surface area contributed by atoms with Gasteiger partial charge in [0.15, 0.2) is 0 Å². The topological polar surface area (TPSA) is 32.3 Å². The molecule has 0 heterocycles. The van der Waals surface area contributed by atoms with E-state index < -0.39 is 0 Å². The molecule has 0 aromatic heterocycles. The van der Waals surface area contributed by atoms with E-state index >= 15 is 0 Å². The molecule has 3 nitrogen and oxygen atoms in total. The Balaban J connectivity index is 1.74. The van der Waals surface area contributed by atoms with E-state index in [4.69, 9.17) is 11.6 Å². The Labute approximate surface area is 172 Å². The number of benzene rings is 3. The second-order valence-electron chi connectivity index (χ2n) is 7.11. The number of nitrogens with zero attached hydrogens (tertiary/aromatic N) is 1. The zero-order chi connectivity index (χ0) is 19.9. The number of hydrogen-bond donors (Lipinski definition) is 1. The summed E-state index contributed by atoms with van der Waals surface area (Å²) < 4.78 is 0. The Bertz CT molecular complexity index is 890. The number of carbonyl (C=O) groups is 1. The van der Waals surface area contributed by atoms with Gasteiger partial charge in [0.05, 0.1) is 6.04 Å². The summed E-state index contributed by atoms with van der Waals surface area (Å²) >= 11 is 6.02. The van der Waals surface area contributed by atoms with E-state index in [0.717, 1.165) is 29.7 Å². The highest BCUT2D eigenvalue weighted by Gasteiger charge is 2.16. The lowest BCUT2D eigenvalue weighted by molar-refractivity contribution is 0.0932. The predicted molar refractivity (Wildman–Crippen MR) is 117 cm³/mol. The molecule has 3 rings (SSSR count). The van der Waals surface area contributed by atoms with E-state index in [2.05, 4.69) is 22.3 Å². The molecule has 3 aromatic carbocycles. The van der Waals surface area contributed by atoms with Crippen molar-refractivity contribution in [3.63, 3.8) is 0 Å². The lowest BCUT2D eigenvalue weighted by Gasteiger charge is -2.21. The van der Waals surface area contributed by atoms with Crippen LogP contribution in [0.4, 0.5) is 0 Å². The Morgan fingerprint density at radius 2 is 1.50 bits per heavy atom. The third-order valence-electron chi connectivity index (χ3n) is 4.70. The smallest absolute Gasteiger partial charge is 0.251 e. The van der Waals surface area contributed by atoms with Gasteiger partial charge >= 0.3 is 0 Å². The lowest BCUT2D eigenvalue weighted by atomic mass is 10.0. The Kier molecular flexibility index (Phi) is 6.85. The average Bonchev–Trinajstić information content (AvgIpc) is 2.72. The molecular weight excluding hydrogens is 368 g/mol. The van der Waals surface area contributed by atoms with Crippen LogP contribution < -0.4 is 5.32 Å². The maximum Gasteiger partial charge on any atom is 0.251 e. The quantitative estimate of drug-likeness (QED) is 0.581. The van der Waals surface area contributed by atoms with Gasteiger partial charge in [-0.3, -0.25) is 4.79 Å². The van der Waals surface area contributed by atoms with Crippen LogP contribution in [0.25, 0.3) is 11.1 Å². The van der Waals surface area contributed by atoms with Crippen LogP contribution in [0.5, 0.6) is 0 Å². The second kappa shape index (κ2) is 9.54. The predicted octanol–water partition coefficient (Wildman–Crippen LogP) is 5.43. The summed E-state index contributed by atoms with van der Waals surface area (Å²) in [5, 5.41) is 3.87. The number of nitrogens with one attached hydrogen (secondary N) is 1. The molecule has 0 aliphatic rings. The molecule has 4 heteroatoms. The molecule has 1 atom stereocenters. The van der Waals surface area contributed by atoms with Crippen molar-refractivity contribution in [3.05, 3.63) is 95.0 Å². The monoisotopic (exact) mass is 392 g/mol. The first-order chi connectivity index (χ1) is 13.5. The summed E-state index contributed by atoms with van der Waals surface area (Å²) in [7, 11) is 4.06. The van der Waals surface area contributed by atoms with E-state index in [9.17, 15) is 4.79 Å². The normalized spacial score (nSPS) is 12.0. The van der Waals surface area contributed by atoms with Gasteiger partial charge in [0.25, 0.3) is 5.91 Å². The maximum absolute atomic E-state index is 12.8. The Morgan fingerprint density at radius 3 is 2.11 bits per heavy atom. The van der Waals surface area contributed by atoms with Gasteiger partial charge in [-0.2, -0.15) is 0 Å². The highest BCUT2D eigenvalue weighted by atomic mass is 35.5. The highest BCUT2D eigenvalue weighted by molar-refractivity contribution is 6.30. The number of amides is 1. The lowest BCUT2D eigenvalue weighted by Crippen LogP contribution is -2.31. The first kappa shape index (κ1) is 20.1. The van der Waals surface area contributed by atoms with Crippen molar-refractivity contribution < 1.29 is 4.79 Å². The van der Waals surface area contributed by atoms with Crippen molar-refractivity contribution in [2.24, 2.45) is 0 Å². The number of carbonyl (C=O) groups excluding carboxylic acids is 1. The average molecular weight is 393 g/mol. The van der Waals surface area contributed by atoms with Crippen molar-refractivity contribution >= 4 is 17.5 Å². The number of hydrogen-bond acceptors (Lipinski definition) is 2. The molecule has 0 saturated carbocycles. The van der Waals surface area contributed by atoms with Crippen LogP contribution in [-0.4, -0.2) is 31.4 Å². The fourth-order valence-electron chi connectivity index (χ4n) is 3.09. The molecule has 3 aromatic rings. The molecule has 0 unspecified atom stereocenters. The van der Waals surface area contributed by atoms with Crippen molar-refractivity contribution in [1.82, 2.24) is 10.2 Å². The molecule has 144 valence electrons. The minimum Gasteiger partial charge on any atom is -0.345 e. The molecule has 1 amide bonds. The SMILES string of the molecule is CN(C)CC[C@@H](NC(=O)c1ccc(-c2ccccc2)cc1)c1ccc(Cl)cc1. The summed E-state index contributed by atoms with van der Waals surface area (Å²) in [6.45, 7) is 0.876. The van der Waals surface area contributed by atoms with Crippen LogP contribution >= 0.6 is 11.6 Å². The van der Waals surface area contributed by atoms with Gasteiger partial charge in [0.1, 0.15) is 0 Å². The fourth-order valence-corrected chi connectivity index (χ4v) is 3.22. The van der Waals surface area contributed by atoms with Gasteiger partial charge in [-0.25, -0.2) is 0 Å². The van der Waals surface area contributed by atoms with Crippen molar-refractivity contribution in [2.45, 2.75) is 12.5 Å². The molecule has 28 heavy (non-hydrogen) atoms. The zero-order valence-corrected chi connectivity index (χ0v) is 17.0. The van der Waals surface area contributed by atoms with Crippen LogP contribution in [0.1, 0.15) is 28.4 Å². The molecule has 0 bridgehead atoms.